The average molecular weight is 190 g/mol. The first kappa shape index (κ1) is 9.70. The SMILES string of the molecule is C=CCC1(C)C2C=CC1(C)C(=O)CC2. The van der Waals surface area contributed by atoms with Crippen molar-refractivity contribution in [2.45, 2.75) is 33.1 Å². The normalized spacial score (nSPS) is 45.6. The minimum absolute atomic E-state index is 0.0874. The summed E-state index contributed by atoms with van der Waals surface area (Å²) in [6.07, 6.45) is 9.05. The molecule has 2 rings (SSSR count). The average Bonchev–Trinajstić information content (AvgIpc) is 2.30. The largest absolute Gasteiger partial charge is 0.299 e. The number of allylic oxidation sites excluding steroid dienone is 3. The molecule has 0 saturated heterocycles. The zero-order valence-corrected chi connectivity index (χ0v) is 9.05. The van der Waals surface area contributed by atoms with Crippen molar-refractivity contribution in [1.29, 1.82) is 0 Å². The van der Waals surface area contributed by atoms with E-state index < -0.39 is 0 Å². The minimum Gasteiger partial charge on any atom is -0.299 e. The van der Waals surface area contributed by atoms with E-state index in [0.717, 1.165) is 19.3 Å². The Kier molecular flexibility index (Phi) is 1.95. The lowest BCUT2D eigenvalue weighted by Gasteiger charge is -2.46. The standard InChI is InChI=1S/C13H18O/c1-4-8-12(2)10-5-6-11(14)13(12,3)9-7-10/h4,7,9-10H,1,5-6,8H2,2-3H3. The van der Waals surface area contributed by atoms with Gasteiger partial charge in [-0.25, -0.2) is 0 Å². The third-order valence-electron chi connectivity index (χ3n) is 4.50. The summed E-state index contributed by atoms with van der Waals surface area (Å²) in [6, 6.07) is 0. The lowest BCUT2D eigenvalue weighted by molar-refractivity contribution is -0.136. The molecule has 0 heterocycles. The smallest absolute Gasteiger partial charge is 0.143 e. The van der Waals surface area contributed by atoms with Crippen LogP contribution in [0.1, 0.15) is 33.1 Å². The molecular formula is C13H18O. The Morgan fingerprint density at radius 2 is 2.36 bits per heavy atom. The highest BCUT2D eigenvalue weighted by Gasteiger charge is 2.56. The van der Waals surface area contributed by atoms with E-state index in [-0.39, 0.29) is 10.8 Å². The summed E-state index contributed by atoms with van der Waals surface area (Å²) < 4.78 is 0. The molecule has 0 aromatic carbocycles. The van der Waals surface area contributed by atoms with Crippen molar-refractivity contribution in [2.75, 3.05) is 0 Å². The second-order valence-electron chi connectivity index (χ2n) is 5.04. The summed E-state index contributed by atoms with van der Waals surface area (Å²) in [5.41, 5.74) is -0.145. The third-order valence-corrected chi connectivity index (χ3v) is 4.50. The number of Topliss-reactive ketones (excluding diaryl/α,β-unsaturated/α-hetero) is 1. The lowest BCUT2D eigenvalue weighted by atomic mass is 9.55. The van der Waals surface area contributed by atoms with Crippen LogP contribution < -0.4 is 0 Å². The quantitative estimate of drug-likeness (QED) is 0.611. The molecule has 1 saturated carbocycles. The maximum Gasteiger partial charge on any atom is 0.143 e. The van der Waals surface area contributed by atoms with Crippen LogP contribution in [0, 0.1) is 16.7 Å². The minimum atomic E-state index is -0.232. The van der Waals surface area contributed by atoms with Crippen molar-refractivity contribution in [1.82, 2.24) is 0 Å². The van der Waals surface area contributed by atoms with Gasteiger partial charge >= 0.3 is 0 Å². The topological polar surface area (TPSA) is 17.1 Å². The molecule has 1 heteroatoms. The lowest BCUT2D eigenvalue weighted by Crippen LogP contribution is -2.46. The van der Waals surface area contributed by atoms with E-state index >= 15 is 0 Å². The van der Waals surface area contributed by atoms with Gasteiger partial charge in [0.1, 0.15) is 5.78 Å². The van der Waals surface area contributed by atoms with Crippen molar-refractivity contribution < 1.29 is 4.79 Å². The highest BCUT2D eigenvalue weighted by atomic mass is 16.1. The molecule has 0 aliphatic heterocycles. The zero-order chi connectivity index (χ0) is 10.4. The number of carbonyl (C=O) groups excluding carboxylic acids is 1. The molecule has 1 fully saturated rings. The molecule has 0 aromatic heterocycles. The van der Waals surface area contributed by atoms with E-state index in [9.17, 15) is 4.79 Å². The van der Waals surface area contributed by atoms with Crippen molar-refractivity contribution >= 4 is 5.78 Å². The van der Waals surface area contributed by atoms with Crippen LogP contribution in [0.2, 0.25) is 0 Å². The van der Waals surface area contributed by atoms with Crippen LogP contribution in [-0.4, -0.2) is 5.78 Å². The molecule has 2 aliphatic carbocycles. The molecule has 0 N–H and O–H groups in total. The number of ketones is 1. The van der Waals surface area contributed by atoms with Gasteiger partial charge in [-0.05, 0) is 31.1 Å². The maximum atomic E-state index is 12.0. The fraction of sp³-hybridized carbons (Fsp3) is 0.615. The Morgan fingerprint density at radius 1 is 1.64 bits per heavy atom. The molecule has 3 atom stereocenters. The number of rotatable bonds is 2. The fourth-order valence-corrected chi connectivity index (χ4v) is 3.13. The molecule has 0 spiro atoms. The second-order valence-corrected chi connectivity index (χ2v) is 5.04. The Labute approximate surface area is 85.9 Å². The van der Waals surface area contributed by atoms with Gasteiger partial charge in [0.15, 0.2) is 0 Å². The van der Waals surface area contributed by atoms with Crippen molar-refractivity contribution in [2.24, 2.45) is 16.7 Å². The first-order chi connectivity index (χ1) is 6.54. The third kappa shape index (κ3) is 0.930. The zero-order valence-electron chi connectivity index (χ0n) is 9.05. The van der Waals surface area contributed by atoms with Gasteiger partial charge in [-0.3, -0.25) is 4.79 Å². The summed E-state index contributed by atoms with van der Waals surface area (Å²) in [5.74, 6) is 0.982. The number of fused-ring (bicyclic) bond motifs is 2. The van der Waals surface area contributed by atoms with E-state index in [4.69, 9.17) is 0 Å². The van der Waals surface area contributed by atoms with Crippen molar-refractivity contribution in [3.8, 4) is 0 Å². The number of hydrogen-bond acceptors (Lipinski definition) is 1. The van der Waals surface area contributed by atoms with Gasteiger partial charge in [-0.2, -0.15) is 0 Å². The first-order valence-electron chi connectivity index (χ1n) is 5.38. The highest BCUT2D eigenvalue weighted by molar-refractivity contribution is 5.89. The van der Waals surface area contributed by atoms with Crippen LogP contribution in [-0.2, 0) is 4.79 Å². The second kappa shape index (κ2) is 2.82. The molecule has 1 nitrogen and oxygen atoms in total. The number of carbonyl (C=O) groups is 1. The van der Waals surface area contributed by atoms with Gasteiger partial charge in [0, 0.05) is 6.42 Å². The van der Waals surface area contributed by atoms with E-state index in [1.54, 1.807) is 0 Å². The van der Waals surface area contributed by atoms with Crippen molar-refractivity contribution in [3.05, 3.63) is 24.8 Å². The van der Waals surface area contributed by atoms with E-state index in [1.807, 2.05) is 6.08 Å². The van der Waals surface area contributed by atoms with Gasteiger partial charge in [-0.1, -0.05) is 25.2 Å². The van der Waals surface area contributed by atoms with Crippen LogP contribution >= 0.6 is 0 Å². The molecule has 0 radical (unpaired) electrons. The summed E-state index contributed by atoms with van der Waals surface area (Å²) >= 11 is 0. The summed E-state index contributed by atoms with van der Waals surface area (Å²) in [6.45, 7) is 8.14. The van der Waals surface area contributed by atoms with Crippen LogP contribution in [0.15, 0.2) is 24.8 Å². The molecule has 3 unspecified atom stereocenters. The number of hydrogen-bond donors (Lipinski definition) is 0. The van der Waals surface area contributed by atoms with Gasteiger partial charge in [0.25, 0.3) is 0 Å². The molecule has 0 amide bonds. The monoisotopic (exact) mass is 190 g/mol. The Balaban J connectivity index is 2.44. The van der Waals surface area contributed by atoms with E-state index in [0.29, 0.717) is 11.7 Å². The van der Waals surface area contributed by atoms with Crippen LogP contribution in [0.25, 0.3) is 0 Å². The molecule has 2 bridgehead atoms. The highest BCUT2D eigenvalue weighted by Crippen LogP contribution is 2.59. The molecular weight excluding hydrogens is 172 g/mol. The Hall–Kier alpha value is -0.850. The maximum absolute atomic E-state index is 12.0. The molecule has 2 aliphatic rings. The van der Waals surface area contributed by atoms with Gasteiger partial charge in [-0.15, -0.1) is 6.58 Å². The summed E-state index contributed by atoms with van der Waals surface area (Å²) in [4.78, 5) is 12.0. The van der Waals surface area contributed by atoms with Gasteiger partial charge in [0.05, 0.1) is 5.41 Å². The molecule has 14 heavy (non-hydrogen) atoms. The Bertz CT molecular complexity index is 315. The van der Waals surface area contributed by atoms with Crippen LogP contribution in [0.5, 0.6) is 0 Å². The van der Waals surface area contributed by atoms with Crippen LogP contribution in [0.4, 0.5) is 0 Å². The van der Waals surface area contributed by atoms with Gasteiger partial charge in [0.2, 0.25) is 0 Å². The van der Waals surface area contributed by atoms with Gasteiger partial charge < -0.3 is 0 Å². The molecule has 76 valence electrons. The van der Waals surface area contributed by atoms with Crippen molar-refractivity contribution in [3.63, 3.8) is 0 Å². The predicted molar refractivity (Wildman–Crippen MR) is 57.9 cm³/mol. The summed E-state index contributed by atoms with van der Waals surface area (Å²) in [7, 11) is 0. The first-order valence-corrected chi connectivity index (χ1v) is 5.38. The van der Waals surface area contributed by atoms with E-state index in [1.165, 1.54) is 0 Å². The predicted octanol–water partition coefficient (Wildman–Crippen LogP) is 3.12. The molecule has 0 aromatic rings. The fourth-order valence-electron chi connectivity index (χ4n) is 3.13. The Morgan fingerprint density at radius 3 is 3.00 bits per heavy atom. The summed E-state index contributed by atoms with van der Waals surface area (Å²) in [5, 5.41) is 0. The van der Waals surface area contributed by atoms with E-state index in [2.05, 4.69) is 32.6 Å². The van der Waals surface area contributed by atoms with Crippen LogP contribution in [0.3, 0.4) is 0 Å².